The lowest BCUT2D eigenvalue weighted by Crippen LogP contribution is -2.53. The molecule has 3 atom stereocenters. The van der Waals surface area contributed by atoms with Crippen LogP contribution in [0.4, 0.5) is 0 Å². The van der Waals surface area contributed by atoms with E-state index in [0.29, 0.717) is 19.1 Å². The van der Waals surface area contributed by atoms with Crippen LogP contribution in [-0.4, -0.2) is 42.1 Å². The van der Waals surface area contributed by atoms with E-state index in [9.17, 15) is 4.79 Å². The van der Waals surface area contributed by atoms with Gasteiger partial charge in [0.05, 0.1) is 12.2 Å². The van der Waals surface area contributed by atoms with Gasteiger partial charge >= 0.3 is 0 Å². The van der Waals surface area contributed by atoms with Crippen LogP contribution >= 0.6 is 0 Å². The molecule has 104 valence electrons. The lowest BCUT2D eigenvalue weighted by atomic mass is 9.77. The summed E-state index contributed by atoms with van der Waals surface area (Å²) in [7, 11) is 0. The van der Waals surface area contributed by atoms with Gasteiger partial charge in [-0.15, -0.1) is 0 Å². The first kappa shape index (κ1) is 13.8. The Morgan fingerprint density at radius 3 is 2.78 bits per heavy atom. The number of rotatable bonds is 1. The molecule has 2 fully saturated rings. The molecule has 4 nitrogen and oxygen atoms in total. The average molecular weight is 254 g/mol. The Morgan fingerprint density at radius 1 is 1.39 bits per heavy atom. The Labute approximate surface area is 110 Å². The molecule has 2 aliphatic rings. The third-order valence-electron chi connectivity index (χ3n) is 4.29. The molecule has 18 heavy (non-hydrogen) atoms. The van der Waals surface area contributed by atoms with Gasteiger partial charge in [0.2, 0.25) is 5.91 Å². The molecule has 2 N–H and O–H groups in total. The number of carbonyl (C=O) groups is 1. The topological polar surface area (TPSA) is 55.6 Å². The second kappa shape index (κ2) is 5.17. The fourth-order valence-electron chi connectivity index (χ4n) is 3.14. The Balaban J connectivity index is 2.01. The van der Waals surface area contributed by atoms with Gasteiger partial charge in [0, 0.05) is 25.0 Å². The van der Waals surface area contributed by atoms with Crippen LogP contribution in [0.1, 0.15) is 40.0 Å². The fourth-order valence-corrected chi connectivity index (χ4v) is 3.14. The van der Waals surface area contributed by atoms with Crippen molar-refractivity contribution in [3.63, 3.8) is 0 Å². The van der Waals surface area contributed by atoms with Crippen molar-refractivity contribution in [1.29, 1.82) is 0 Å². The van der Waals surface area contributed by atoms with Crippen molar-refractivity contribution in [3.05, 3.63) is 0 Å². The Kier molecular flexibility index (Phi) is 3.97. The van der Waals surface area contributed by atoms with Crippen molar-refractivity contribution in [1.82, 2.24) is 4.90 Å². The van der Waals surface area contributed by atoms with Gasteiger partial charge in [0.1, 0.15) is 0 Å². The van der Waals surface area contributed by atoms with Gasteiger partial charge in [-0.1, -0.05) is 6.92 Å². The Morgan fingerprint density at radius 2 is 2.11 bits per heavy atom. The van der Waals surface area contributed by atoms with Crippen LogP contribution in [0.2, 0.25) is 0 Å². The predicted molar refractivity (Wildman–Crippen MR) is 71.1 cm³/mol. The number of nitrogens with two attached hydrogens (primary N) is 1. The van der Waals surface area contributed by atoms with Gasteiger partial charge < -0.3 is 15.4 Å². The smallest absolute Gasteiger partial charge is 0.226 e. The maximum atomic E-state index is 12.6. The minimum Gasteiger partial charge on any atom is -0.372 e. The van der Waals surface area contributed by atoms with Crippen molar-refractivity contribution in [3.8, 4) is 0 Å². The number of ether oxygens (including phenoxy) is 1. The van der Waals surface area contributed by atoms with E-state index in [-0.39, 0.29) is 23.5 Å². The first-order chi connectivity index (χ1) is 8.39. The third-order valence-corrected chi connectivity index (χ3v) is 4.29. The monoisotopic (exact) mass is 254 g/mol. The predicted octanol–water partition coefficient (Wildman–Crippen LogP) is 1.39. The SMILES string of the molecule is CC1CCC(N)CC1C(=O)N1CCOC(C)(C)C1. The van der Waals surface area contributed by atoms with Gasteiger partial charge in [-0.25, -0.2) is 0 Å². The normalized spacial score (nSPS) is 36.4. The Bertz CT molecular complexity index is 317. The number of carbonyl (C=O) groups excluding carboxylic acids is 1. The zero-order valence-corrected chi connectivity index (χ0v) is 11.8. The van der Waals surface area contributed by atoms with Crippen LogP contribution in [0.15, 0.2) is 0 Å². The second-order valence-electron chi connectivity index (χ2n) is 6.52. The molecular weight excluding hydrogens is 228 g/mol. The molecule has 0 aromatic carbocycles. The summed E-state index contributed by atoms with van der Waals surface area (Å²) in [5, 5.41) is 0. The zero-order valence-electron chi connectivity index (χ0n) is 11.8. The Hall–Kier alpha value is -0.610. The van der Waals surface area contributed by atoms with E-state index < -0.39 is 0 Å². The second-order valence-corrected chi connectivity index (χ2v) is 6.52. The van der Waals surface area contributed by atoms with E-state index in [0.717, 1.165) is 25.8 Å². The highest BCUT2D eigenvalue weighted by Crippen LogP contribution is 2.31. The molecule has 1 saturated carbocycles. The summed E-state index contributed by atoms with van der Waals surface area (Å²) < 4.78 is 5.66. The van der Waals surface area contributed by atoms with Crippen molar-refractivity contribution in [2.45, 2.75) is 51.7 Å². The number of hydrogen-bond donors (Lipinski definition) is 1. The van der Waals surface area contributed by atoms with Crippen LogP contribution in [-0.2, 0) is 9.53 Å². The highest BCUT2D eigenvalue weighted by atomic mass is 16.5. The average Bonchev–Trinajstić information content (AvgIpc) is 2.30. The van der Waals surface area contributed by atoms with Gasteiger partial charge in [0.25, 0.3) is 0 Å². The molecule has 4 heteroatoms. The molecule has 0 aromatic rings. The molecule has 0 bridgehead atoms. The van der Waals surface area contributed by atoms with Crippen LogP contribution in [0.3, 0.4) is 0 Å². The molecule has 2 rings (SSSR count). The molecule has 1 saturated heterocycles. The fraction of sp³-hybridized carbons (Fsp3) is 0.929. The van der Waals surface area contributed by atoms with E-state index in [4.69, 9.17) is 10.5 Å². The van der Waals surface area contributed by atoms with Crippen molar-refractivity contribution >= 4 is 5.91 Å². The van der Waals surface area contributed by atoms with E-state index >= 15 is 0 Å². The molecule has 1 heterocycles. The lowest BCUT2D eigenvalue weighted by molar-refractivity contribution is -0.152. The quantitative estimate of drug-likeness (QED) is 0.769. The first-order valence-corrected chi connectivity index (χ1v) is 7.07. The summed E-state index contributed by atoms with van der Waals surface area (Å²) in [6.07, 6.45) is 2.97. The van der Waals surface area contributed by atoms with E-state index in [2.05, 4.69) is 6.92 Å². The standard InChI is InChI=1S/C14H26N2O2/c1-10-4-5-11(15)8-12(10)13(17)16-6-7-18-14(2,3)9-16/h10-12H,4-9,15H2,1-3H3. The molecular formula is C14H26N2O2. The summed E-state index contributed by atoms with van der Waals surface area (Å²) >= 11 is 0. The molecule has 0 aromatic heterocycles. The van der Waals surface area contributed by atoms with E-state index in [1.54, 1.807) is 0 Å². The van der Waals surface area contributed by atoms with Crippen LogP contribution in [0.25, 0.3) is 0 Å². The molecule has 1 aliphatic carbocycles. The van der Waals surface area contributed by atoms with Gasteiger partial charge in [0.15, 0.2) is 0 Å². The number of hydrogen-bond acceptors (Lipinski definition) is 3. The maximum Gasteiger partial charge on any atom is 0.226 e. The molecule has 0 radical (unpaired) electrons. The van der Waals surface area contributed by atoms with Crippen molar-refractivity contribution in [2.24, 2.45) is 17.6 Å². The van der Waals surface area contributed by atoms with Crippen molar-refractivity contribution < 1.29 is 9.53 Å². The molecule has 1 aliphatic heterocycles. The highest BCUT2D eigenvalue weighted by molar-refractivity contribution is 5.79. The minimum atomic E-state index is -0.214. The van der Waals surface area contributed by atoms with Crippen molar-refractivity contribution in [2.75, 3.05) is 19.7 Å². The summed E-state index contributed by atoms with van der Waals surface area (Å²) in [6.45, 7) is 8.34. The van der Waals surface area contributed by atoms with E-state index in [1.165, 1.54) is 0 Å². The van der Waals surface area contributed by atoms with Gasteiger partial charge in [-0.05, 0) is 39.0 Å². The summed E-state index contributed by atoms with van der Waals surface area (Å²) in [4.78, 5) is 14.6. The summed E-state index contributed by atoms with van der Waals surface area (Å²) in [5.74, 6) is 0.861. The highest BCUT2D eigenvalue weighted by Gasteiger charge is 2.37. The van der Waals surface area contributed by atoms with Crippen LogP contribution in [0, 0.1) is 11.8 Å². The maximum absolute atomic E-state index is 12.6. The first-order valence-electron chi connectivity index (χ1n) is 7.07. The number of nitrogens with zero attached hydrogens (tertiary/aromatic N) is 1. The van der Waals surface area contributed by atoms with Gasteiger partial charge in [-0.2, -0.15) is 0 Å². The van der Waals surface area contributed by atoms with E-state index in [1.807, 2.05) is 18.7 Å². The van der Waals surface area contributed by atoms with Gasteiger partial charge in [-0.3, -0.25) is 4.79 Å². The minimum absolute atomic E-state index is 0.114. The molecule has 3 unspecified atom stereocenters. The van der Waals surface area contributed by atoms with Crippen LogP contribution < -0.4 is 5.73 Å². The lowest BCUT2D eigenvalue weighted by Gasteiger charge is -2.41. The largest absolute Gasteiger partial charge is 0.372 e. The summed E-state index contributed by atoms with van der Waals surface area (Å²) in [6, 6.07) is 0.198. The molecule has 1 amide bonds. The number of amides is 1. The molecule has 0 spiro atoms. The third kappa shape index (κ3) is 3.04. The van der Waals surface area contributed by atoms with Crippen LogP contribution in [0.5, 0.6) is 0 Å². The summed E-state index contributed by atoms with van der Waals surface area (Å²) in [5.41, 5.74) is 5.80. The zero-order chi connectivity index (χ0) is 13.3. The number of morpholine rings is 1.